The Morgan fingerprint density at radius 1 is 1.56 bits per heavy atom. The molecule has 2 rings (SSSR count). The third-order valence-electron chi connectivity index (χ3n) is 2.85. The van der Waals surface area contributed by atoms with Crippen LogP contribution in [0.3, 0.4) is 0 Å². The molecule has 2 N–H and O–H groups in total. The molecule has 0 aliphatic carbocycles. The van der Waals surface area contributed by atoms with E-state index in [2.05, 4.69) is 15.6 Å². The van der Waals surface area contributed by atoms with Crippen molar-refractivity contribution in [2.24, 2.45) is 0 Å². The summed E-state index contributed by atoms with van der Waals surface area (Å²) in [5, 5.41) is 19.4. The van der Waals surface area contributed by atoms with Gasteiger partial charge in [0.25, 0.3) is 0 Å². The molecule has 1 aliphatic rings. The maximum Gasteiger partial charge on any atom is 0.242 e. The van der Waals surface area contributed by atoms with Gasteiger partial charge in [-0.1, -0.05) is 5.21 Å². The fraction of sp³-hybridized carbons (Fsp3) is 0.727. The molecule has 1 aromatic heterocycles. The summed E-state index contributed by atoms with van der Waals surface area (Å²) in [7, 11) is 0. The molecule has 7 heteroatoms. The molecule has 0 bridgehead atoms. The monoisotopic (exact) mass is 254 g/mol. The van der Waals surface area contributed by atoms with E-state index >= 15 is 0 Å². The van der Waals surface area contributed by atoms with Crippen LogP contribution in [0.2, 0.25) is 0 Å². The van der Waals surface area contributed by atoms with E-state index in [4.69, 9.17) is 9.84 Å². The molecule has 1 fully saturated rings. The van der Waals surface area contributed by atoms with Crippen LogP contribution in [0.25, 0.3) is 0 Å². The summed E-state index contributed by atoms with van der Waals surface area (Å²) in [6.45, 7) is 1.60. The van der Waals surface area contributed by atoms with Crippen molar-refractivity contribution < 1.29 is 14.6 Å². The number of aliphatic hydroxyl groups excluding tert-OH is 1. The van der Waals surface area contributed by atoms with Gasteiger partial charge >= 0.3 is 0 Å². The summed E-state index contributed by atoms with van der Waals surface area (Å²) in [5.41, 5.74) is 0.691. The third kappa shape index (κ3) is 3.78. The first kappa shape index (κ1) is 13.0. The first-order valence-electron chi connectivity index (χ1n) is 6.15. The van der Waals surface area contributed by atoms with Crippen molar-refractivity contribution in [3.05, 3.63) is 11.9 Å². The number of hydrogen-bond donors (Lipinski definition) is 2. The van der Waals surface area contributed by atoms with Gasteiger partial charge in [0.1, 0.15) is 6.54 Å². The molecule has 0 unspecified atom stereocenters. The number of ether oxygens (including phenoxy) is 1. The number of aliphatic hydroxyl groups is 1. The Balaban J connectivity index is 1.78. The lowest BCUT2D eigenvalue weighted by molar-refractivity contribution is -0.123. The van der Waals surface area contributed by atoms with Crippen LogP contribution in [0.5, 0.6) is 0 Å². The van der Waals surface area contributed by atoms with E-state index in [1.807, 2.05) is 0 Å². The van der Waals surface area contributed by atoms with E-state index in [0.29, 0.717) is 25.3 Å². The zero-order valence-electron chi connectivity index (χ0n) is 10.2. The van der Waals surface area contributed by atoms with Crippen LogP contribution in [-0.4, -0.2) is 51.9 Å². The van der Waals surface area contributed by atoms with Crippen LogP contribution in [0.4, 0.5) is 0 Å². The summed E-state index contributed by atoms with van der Waals surface area (Å²) < 4.78 is 6.71. The quantitative estimate of drug-likeness (QED) is 0.711. The molecule has 1 amide bonds. The minimum atomic E-state index is -0.0673. The molecule has 1 saturated heterocycles. The highest BCUT2D eigenvalue weighted by molar-refractivity contribution is 5.75. The number of rotatable bonds is 5. The second kappa shape index (κ2) is 6.46. The lowest BCUT2D eigenvalue weighted by atomic mass is 10.1. The molecule has 0 spiro atoms. The Bertz CT molecular complexity index is 387. The number of hydrogen-bond acceptors (Lipinski definition) is 5. The van der Waals surface area contributed by atoms with Gasteiger partial charge in [-0.3, -0.25) is 4.79 Å². The Kier molecular flexibility index (Phi) is 4.66. The lowest BCUT2D eigenvalue weighted by Gasteiger charge is -2.22. The van der Waals surface area contributed by atoms with Crippen molar-refractivity contribution in [3.8, 4) is 0 Å². The van der Waals surface area contributed by atoms with Gasteiger partial charge in [0, 0.05) is 38.5 Å². The van der Waals surface area contributed by atoms with Gasteiger partial charge < -0.3 is 15.2 Å². The molecule has 18 heavy (non-hydrogen) atoms. The number of nitrogens with one attached hydrogen (secondary N) is 1. The Hall–Kier alpha value is -1.47. The molecule has 1 aliphatic heterocycles. The molecule has 0 radical (unpaired) electrons. The minimum Gasteiger partial charge on any atom is -0.396 e. The molecule has 2 heterocycles. The molecular weight excluding hydrogens is 236 g/mol. The highest BCUT2D eigenvalue weighted by atomic mass is 16.5. The van der Waals surface area contributed by atoms with Crippen molar-refractivity contribution >= 4 is 5.91 Å². The Labute approximate surface area is 105 Å². The fourth-order valence-corrected chi connectivity index (χ4v) is 1.91. The maximum absolute atomic E-state index is 11.8. The second-order valence-corrected chi connectivity index (χ2v) is 4.34. The second-order valence-electron chi connectivity index (χ2n) is 4.34. The van der Waals surface area contributed by atoms with Gasteiger partial charge in [0.15, 0.2) is 0 Å². The van der Waals surface area contributed by atoms with Gasteiger partial charge in [-0.25, -0.2) is 4.68 Å². The van der Waals surface area contributed by atoms with E-state index in [1.54, 1.807) is 6.20 Å². The molecule has 0 atom stereocenters. The van der Waals surface area contributed by atoms with Crippen LogP contribution in [0, 0.1) is 0 Å². The standard InChI is InChI=1S/C11H18N4O3/c16-4-1-10-7-15(14-13-10)8-11(17)12-9-2-5-18-6-3-9/h7,9,16H,1-6,8H2,(H,12,17). The van der Waals surface area contributed by atoms with E-state index in [9.17, 15) is 4.79 Å². The van der Waals surface area contributed by atoms with Gasteiger partial charge in [-0.2, -0.15) is 0 Å². The van der Waals surface area contributed by atoms with Crippen LogP contribution in [-0.2, 0) is 22.5 Å². The summed E-state index contributed by atoms with van der Waals surface area (Å²) in [4.78, 5) is 11.8. The fourth-order valence-electron chi connectivity index (χ4n) is 1.91. The Morgan fingerprint density at radius 2 is 2.33 bits per heavy atom. The van der Waals surface area contributed by atoms with Crippen LogP contribution in [0.1, 0.15) is 18.5 Å². The number of amides is 1. The molecule has 0 saturated carbocycles. The normalized spacial score (nSPS) is 16.7. The topological polar surface area (TPSA) is 89.3 Å². The van der Waals surface area contributed by atoms with Gasteiger partial charge in [-0.05, 0) is 12.8 Å². The third-order valence-corrected chi connectivity index (χ3v) is 2.85. The average Bonchev–Trinajstić information content (AvgIpc) is 2.78. The van der Waals surface area contributed by atoms with Crippen molar-refractivity contribution in [2.45, 2.75) is 31.8 Å². The molecule has 7 nitrogen and oxygen atoms in total. The van der Waals surface area contributed by atoms with E-state index in [0.717, 1.165) is 12.8 Å². The number of aromatic nitrogens is 3. The minimum absolute atomic E-state index is 0.0347. The average molecular weight is 254 g/mol. The number of carbonyl (C=O) groups excluding carboxylic acids is 1. The van der Waals surface area contributed by atoms with Crippen molar-refractivity contribution in [2.75, 3.05) is 19.8 Å². The summed E-state index contributed by atoms with van der Waals surface area (Å²) in [5.74, 6) is -0.0673. The van der Waals surface area contributed by atoms with Crippen LogP contribution < -0.4 is 5.32 Å². The van der Waals surface area contributed by atoms with Gasteiger partial charge in [0.2, 0.25) is 5.91 Å². The molecule has 1 aromatic rings. The zero-order valence-corrected chi connectivity index (χ0v) is 10.2. The van der Waals surface area contributed by atoms with E-state index in [-0.39, 0.29) is 25.1 Å². The summed E-state index contributed by atoms with van der Waals surface area (Å²) in [6.07, 6.45) is 3.86. The van der Waals surface area contributed by atoms with Crippen LogP contribution in [0.15, 0.2) is 6.20 Å². The SMILES string of the molecule is O=C(Cn1cc(CCO)nn1)NC1CCOCC1. The van der Waals surface area contributed by atoms with Crippen molar-refractivity contribution in [3.63, 3.8) is 0 Å². The summed E-state index contributed by atoms with van der Waals surface area (Å²) in [6, 6.07) is 0.201. The lowest BCUT2D eigenvalue weighted by Crippen LogP contribution is -2.40. The smallest absolute Gasteiger partial charge is 0.242 e. The maximum atomic E-state index is 11.8. The highest BCUT2D eigenvalue weighted by Crippen LogP contribution is 2.06. The molecular formula is C11H18N4O3. The van der Waals surface area contributed by atoms with E-state index in [1.165, 1.54) is 4.68 Å². The first-order chi connectivity index (χ1) is 8.78. The largest absolute Gasteiger partial charge is 0.396 e. The molecule has 100 valence electrons. The summed E-state index contributed by atoms with van der Waals surface area (Å²) >= 11 is 0. The number of carbonyl (C=O) groups is 1. The van der Waals surface area contributed by atoms with Crippen LogP contribution >= 0.6 is 0 Å². The molecule has 0 aromatic carbocycles. The highest BCUT2D eigenvalue weighted by Gasteiger charge is 2.16. The van der Waals surface area contributed by atoms with Gasteiger partial charge in [0.05, 0.1) is 5.69 Å². The predicted octanol–water partition coefficient (Wildman–Crippen LogP) is -0.892. The first-order valence-corrected chi connectivity index (χ1v) is 6.15. The predicted molar refractivity (Wildman–Crippen MR) is 62.8 cm³/mol. The van der Waals surface area contributed by atoms with E-state index < -0.39 is 0 Å². The number of nitrogens with zero attached hydrogens (tertiary/aromatic N) is 3. The van der Waals surface area contributed by atoms with Gasteiger partial charge in [-0.15, -0.1) is 5.10 Å². The van der Waals surface area contributed by atoms with Crippen molar-refractivity contribution in [1.82, 2.24) is 20.3 Å². The Morgan fingerprint density at radius 3 is 3.06 bits per heavy atom. The zero-order chi connectivity index (χ0) is 12.8. The van der Waals surface area contributed by atoms with Crippen molar-refractivity contribution in [1.29, 1.82) is 0 Å².